The van der Waals surface area contributed by atoms with Crippen molar-refractivity contribution < 1.29 is 4.74 Å². The molecule has 3 N–H and O–H groups in total. The first-order valence-corrected chi connectivity index (χ1v) is 7.54. The van der Waals surface area contributed by atoms with Crippen LogP contribution in [0.1, 0.15) is 49.3 Å². The van der Waals surface area contributed by atoms with Crippen molar-refractivity contribution in [3.63, 3.8) is 0 Å². The third kappa shape index (κ3) is 2.83. The monoisotopic (exact) mass is 260 g/mol. The molecule has 1 saturated carbocycles. The second-order valence-electron chi connectivity index (χ2n) is 5.86. The van der Waals surface area contributed by atoms with E-state index >= 15 is 0 Å². The molecule has 1 aliphatic heterocycles. The van der Waals surface area contributed by atoms with Crippen molar-refractivity contribution in [2.75, 3.05) is 6.61 Å². The minimum Gasteiger partial charge on any atom is -0.373 e. The highest BCUT2D eigenvalue weighted by Crippen LogP contribution is 2.35. The Hall–Kier alpha value is -0.900. The number of fused-ring (bicyclic) bond motifs is 1. The van der Waals surface area contributed by atoms with Crippen molar-refractivity contribution in [3.8, 4) is 0 Å². The van der Waals surface area contributed by atoms with Crippen LogP contribution in [0, 0.1) is 5.92 Å². The highest BCUT2D eigenvalue weighted by Gasteiger charge is 2.29. The van der Waals surface area contributed by atoms with Crippen LogP contribution in [0.25, 0.3) is 0 Å². The predicted molar refractivity (Wildman–Crippen MR) is 76.5 cm³/mol. The van der Waals surface area contributed by atoms with Crippen LogP contribution in [0.15, 0.2) is 24.3 Å². The molecule has 0 aromatic heterocycles. The normalized spacial score (nSPS) is 25.2. The van der Waals surface area contributed by atoms with Crippen molar-refractivity contribution >= 4 is 0 Å². The molecule has 104 valence electrons. The number of benzene rings is 1. The Morgan fingerprint density at radius 1 is 1.26 bits per heavy atom. The van der Waals surface area contributed by atoms with Crippen molar-refractivity contribution in [2.24, 2.45) is 11.8 Å². The lowest BCUT2D eigenvalue weighted by molar-refractivity contribution is 0.0246. The van der Waals surface area contributed by atoms with Crippen molar-refractivity contribution in [1.29, 1.82) is 0 Å². The molecule has 0 bridgehead atoms. The number of nitrogens with one attached hydrogen (secondary N) is 1. The molecule has 19 heavy (non-hydrogen) atoms. The van der Waals surface area contributed by atoms with Crippen LogP contribution >= 0.6 is 0 Å². The van der Waals surface area contributed by atoms with Crippen molar-refractivity contribution in [1.82, 2.24) is 5.43 Å². The maximum Gasteiger partial charge on any atom is 0.0843 e. The molecule has 1 aromatic carbocycles. The smallest absolute Gasteiger partial charge is 0.0843 e. The van der Waals surface area contributed by atoms with E-state index in [2.05, 4.69) is 29.7 Å². The van der Waals surface area contributed by atoms with E-state index in [1.165, 1.54) is 36.8 Å². The Morgan fingerprint density at radius 2 is 2.05 bits per heavy atom. The lowest BCUT2D eigenvalue weighted by atomic mass is 9.88. The van der Waals surface area contributed by atoms with Crippen LogP contribution in [0.2, 0.25) is 0 Å². The number of ether oxygens (including phenoxy) is 1. The summed E-state index contributed by atoms with van der Waals surface area (Å²) in [4.78, 5) is 0. The number of hydrazine groups is 1. The number of nitrogens with two attached hydrogens (primary N) is 1. The Labute approximate surface area is 115 Å². The molecule has 0 amide bonds. The van der Waals surface area contributed by atoms with Gasteiger partial charge in [0.1, 0.15) is 0 Å². The molecule has 0 saturated heterocycles. The number of rotatable bonds is 4. The van der Waals surface area contributed by atoms with Crippen LogP contribution in [0.3, 0.4) is 0 Å². The van der Waals surface area contributed by atoms with Gasteiger partial charge in [-0.15, -0.1) is 0 Å². The minimum absolute atomic E-state index is 0.214. The summed E-state index contributed by atoms with van der Waals surface area (Å²) >= 11 is 0. The molecule has 2 unspecified atom stereocenters. The van der Waals surface area contributed by atoms with E-state index in [0.29, 0.717) is 6.04 Å². The molecule has 3 nitrogen and oxygen atoms in total. The highest BCUT2D eigenvalue weighted by molar-refractivity contribution is 5.31. The van der Waals surface area contributed by atoms with Crippen molar-refractivity contribution in [2.45, 2.75) is 50.7 Å². The van der Waals surface area contributed by atoms with Gasteiger partial charge in [-0.2, -0.15) is 0 Å². The standard InChI is InChI=1S/C16H24N2O/c17-18-15(13-6-1-2-7-13)11-16-14-8-4-3-5-12(14)9-10-19-16/h3-5,8,13,15-16,18H,1-2,6-7,9-11,17H2. The zero-order chi connectivity index (χ0) is 13.1. The van der Waals surface area contributed by atoms with E-state index in [1.54, 1.807) is 0 Å². The first kappa shape index (κ1) is 13.1. The van der Waals surface area contributed by atoms with E-state index in [4.69, 9.17) is 10.6 Å². The number of hydrogen-bond acceptors (Lipinski definition) is 3. The fourth-order valence-corrected chi connectivity index (χ4v) is 3.66. The topological polar surface area (TPSA) is 47.3 Å². The van der Waals surface area contributed by atoms with E-state index in [1.807, 2.05) is 0 Å². The Morgan fingerprint density at radius 3 is 2.84 bits per heavy atom. The first-order valence-electron chi connectivity index (χ1n) is 7.54. The third-order valence-electron chi connectivity index (χ3n) is 4.74. The van der Waals surface area contributed by atoms with Crippen LogP contribution in [-0.2, 0) is 11.2 Å². The van der Waals surface area contributed by atoms with Gasteiger partial charge < -0.3 is 4.74 Å². The van der Waals surface area contributed by atoms with Gasteiger partial charge in [-0.25, -0.2) is 0 Å². The van der Waals surface area contributed by atoms with Gasteiger partial charge >= 0.3 is 0 Å². The van der Waals surface area contributed by atoms with E-state index in [0.717, 1.165) is 25.4 Å². The van der Waals surface area contributed by atoms with Crippen LogP contribution in [-0.4, -0.2) is 12.6 Å². The second-order valence-corrected chi connectivity index (χ2v) is 5.86. The summed E-state index contributed by atoms with van der Waals surface area (Å²) in [5.74, 6) is 6.51. The molecular weight excluding hydrogens is 236 g/mol. The van der Waals surface area contributed by atoms with Gasteiger partial charge in [0.2, 0.25) is 0 Å². The minimum atomic E-state index is 0.214. The maximum atomic E-state index is 6.00. The summed E-state index contributed by atoms with van der Waals surface area (Å²) in [6, 6.07) is 9.06. The average Bonchev–Trinajstić information content (AvgIpc) is 2.99. The molecule has 2 atom stereocenters. The van der Waals surface area contributed by atoms with Gasteiger partial charge in [0, 0.05) is 6.04 Å². The fraction of sp³-hybridized carbons (Fsp3) is 0.625. The maximum absolute atomic E-state index is 6.00. The molecule has 1 aliphatic carbocycles. The fourth-order valence-electron chi connectivity index (χ4n) is 3.66. The molecule has 3 heteroatoms. The SMILES string of the molecule is NNC(CC1OCCc2ccccc21)C1CCCC1. The van der Waals surface area contributed by atoms with E-state index in [9.17, 15) is 0 Å². The summed E-state index contributed by atoms with van der Waals surface area (Å²) in [6.45, 7) is 0.837. The average molecular weight is 260 g/mol. The van der Waals surface area contributed by atoms with Crippen LogP contribution in [0.5, 0.6) is 0 Å². The summed E-state index contributed by atoms with van der Waals surface area (Å²) in [7, 11) is 0. The lowest BCUT2D eigenvalue weighted by Crippen LogP contribution is -2.41. The van der Waals surface area contributed by atoms with E-state index < -0.39 is 0 Å². The van der Waals surface area contributed by atoms with Gasteiger partial charge in [-0.1, -0.05) is 37.1 Å². The van der Waals surface area contributed by atoms with Crippen LogP contribution in [0.4, 0.5) is 0 Å². The van der Waals surface area contributed by atoms with Gasteiger partial charge in [0.05, 0.1) is 12.7 Å². The highest BCUT2D eigenvalue weighted by atomic mass is 16.5. The van der Waals surface area contributed by atoms with E-state index in [-0.39, 0.29) is 6.10 Å². The molecule has 2 aliphatic rings. The van der Waals surface area contributed by atoms with Crippen LogP contribution < -0.4 is 11.3 Å². The largest absolute Gasteiger partial charge is 0.373 e. The zero-order valence-electron chi connectivity index (χ0n) is 11.5. The first-order chi connectivity index (χ1) is 9.38. The zero-order valence-corrected chi connectivity index (χ0v) is 11.5. The quantitative estimate of drug-likeness (QED) is 0.646. The van der Waals surface area contributed by atoms with Gasteiger partial charge in [0.25, 0.3) is 0 Å². The van der Waals surface area contributed by atoms with Crippen molar-refractivity contribution in [3.05, 3.63) is 35.4 Å². The summed E-state index contributed by atoms with van der Waals surface area (Å²) in [5, 5.41) is 0. The van der Waals surface area contributed by atoms with Gasteiger partial charge in [-0.3, -0.25) is 11.3 Å². The second kappa shape index (κ2) is 6.04. The molecule has 1 heterocycles. The molecule has 1 aromatic rings. The molecule has 3 rings (SSSR count). The summed E-state index contributed by atoms with van der Waals surface area (Å²) < 4.78 is 6.00. The summed E-state index contributed by atoms with van der Waals surface area (Å²) in [6.07, 6.45) is 7.57. The predicted octanol–water partition coefficient (Wildman–Crippen LogP) is 2.71. The number of hydrogen-bond donors (Lipinski definition) is 2. The van der Waals surface area contributed by atoms with Gasteiger partial charge in [0.15, 0.2) is 0 Å². The lowest BCUT2D eigenvalue weighted by Gasteiger charge is -2.31. The molecule has 0 radical (unpaired) electrons. The summed E-state index contributed by atoms with van der Waals surface area (Å²) in [5.41, 5.74) is 5.86. The molecular formula is C16H24N2O. The third-order valence-corrected chi connectivity index (χ3v) is 4.74. The van der Waals surface area contributed by atoms with Gasteiger partial charge in [-0.05, 0) is 42.7 Å². The Kier molecular flexibility index (Phi) is 4.16. The molecule has 0 spiro atoms. The Balaban J connectivity index is 1.72. The molecule has 1 fully saturated rings. The Bertz CT molecular complexity index is 415.